The van der Waals surface area contributed by atoms with Crippen molar-refractivity contribution in [3.05, 3.63) is 29.6 Å². The van der Waals surface area contributed by atoms with Crippen molar-refractivity contribution in [3.8, 4) is 6.07 Å². The fourth-order valence-electron chi connectivity index (χ4n) is 1.41. The van der Waals surface area contributed by atoms with E-state index in [0.29, 0.717) is 0 Å². The van der Waals surface area contributed by atoms with Crippen molar-refractivity contribution in [1.82, 2.24) is 9.97 Å². The van der Waals surface area contributed by atoms with Crippen LogP contribution in [-0.2, 0) is 5.92 Å². The van der Waals surface area contributed by atoms with Gasteiger partial charge in [-0.2, -0.15) is 27.2 Å². The Hall–Kier alpha value is -2.17. The summed E-state index contributed by atoms with van der Waals surface area (Å²) in [6.45, 7) is 0. The number of hydrogen-bond acceptors (Lipinski definition) is 2. The van der Waals surface area contributed by atoms with Crippen LogP contribution in [0.25, 0.3) is 11.0 Å². The molecule has 0 atom stereocenters. The van der Waals surface area contributed by atoms with Crippen LogP contribution in [0.4, 0.5) is 22.0 Å². The first-order chi connectivity index (χ1) is 8.27. The van der Waals surface area contributed by atoms with Crippen molar-refractivity contribution < 1.29 is 22.0 Å². The minimum absolute atomic E-state index is 0.0482. The van der Waals surface area contributed by atoms with Crippen LogP contribution in [0.3, 0.4) is 0 Å². The van der Waals surface area contributed by atoms with Gasteiger partial charge in [0.25, 0.3) is 0 Å². The molecule has 0 radical (unpaired) electrons. The summed E-state index contributed by atoms with van der Waals surface area (Å²) < 4.78 is 62.5. The number of H-pyrrole nitrogens is 1. The van der Waals surface area contributed by atoms with Gasteiger partial charge in [0.05, 0.1) is 11.1 Å². The van der Waals surface area contributed by atoms with E-state index in [9.17, 15) is 22.0 Å². The first-order valence-corrected chi connectivity index (χ1v) is 4.61. The number of alkyl halides is 5. The van der Waals surface area contributed by atoms with Crippen LogP contribution in [0.1, 0.15) is 11.4 Å². The third-order valence-corrected chi connectivity index (χ3v) is 2.29. The first-order valence-electron chi connectivity index (χ1n) is 4.61. The summed E-state index contributed by atoms with van der Waals surface area (Å²) in [7, 11) is 0. The molecule has 1 N–H and O–H groups in total. The molecule has 0 spiro atoms. The lowest BCUT2D eigenvalue weighted by molar-refractivity contribution is -0.292. The minimum Gasteiger partial charge on any atom is -0.337 e. The van der Waals surface area contributed by atoms with Gasteiger partial charge in [-0.05, 0) is 12.1 Å². The van der Waals surface area contributed by atoms with Crippen LogP contribution in [0.5, 0.6) is 0 Å². The summed E-state index contributed by atoms with van der Waals surface area (Å²) in [5, 5.41) is 8.69. The lowest BCUT2D eigenvalue weighted by Crippen LogP contribution is -2.34. The average molecular weight is 261 g/mol. The summed E-state index contributed by atoms with van der Waals surface area (Å²) in [6.07, 6.45) is -5.74. The van der Waals surface area contributed by atoms with Crippen LogP contribution in [0, 0.1) is 11.3 Å². The van der Waals surface area contributed by atoms with E-state index in [1.54, 1.807) is 6.07 Å². The number of halogens is 5. The lowest BCUT2D eigenvalue weighted by Gasteiger charge is -2.16. The summed E-state index contributed by atoms with van der Waals surface area (Å²) in [6, 6.07) is 5.56. The number of nitrogens with one attached hydrogen (secondary N) is 1. The van der Waals surface area contributed by atoms with Crippen molar-refractivity contribution in [2.75, 3.05) is 0 Å². The minimum atomic E-state index is -5.74. The number of imidazole rings is 1. The van der Waals surface area contributed by atoms with E-state index >= 15 is 0 Å². The maximum atomic E-state index is 13.0. The zero-order valence-electron chi connectivity index (χ0n) is 8.52. The maximum Gasteiger partial charge on any atom is 0.461 e. The number of benzene rings is 1. The van der Waals surface area contributed by atoms with E-state index in [1.165, 1.54) is 18.2 Å². The van der Waals surface area contributed by atoms with Gasteiger partial charge in [0.2, 0.25) is 0 Å². The van der Waals surface area contributed by atoms with E-state index in [0.717, 1.165) is 0 Å². The standard InChI is InChI=1S/C10H4F5N3/c11-9(12,10(13,14)15)8-17-6-3-1-2-5(4-16)7(6)18-8/h1-3H,(H,17,18). The molecule has 8 heteroatoms. The molecule has 2 aromatic rings. The van der Waals surface area contributed by atoms with Gasteiger partial charge in [0.15, 0.2) is 5.82 Å². The number of aromatic nitrogens is 2. The average Bonchev–Trinajstić information content (AvgIpc) is 2.71. The van der Waals surface area contributed by atoms with E-state index in [4.69, 9.17) is 5.26 Å². The Bertz CT molecular complexity index is 635. The summed E-state index contributed by atoms with van der Waals surface area (Å²) >= 11 is 0. The van der Waals surface area contributed by atoms with Gasteiger partial charge in [-0.25, -0.2) is 4.98 Å². The summed E-state index contributed by atoms with van der Waals surface area (Å²) in [5.41, 5.74) is -0.333. The molecule has 0 aliphatic carbocycles. The smallest absolute Gasteiger partial charge is 0.337 e. The van der Waals surface area contributed by atoms with Crippen molar-refractivity contribution in [2.24, 2.45) is 0 Å². The van der Waals surface area contributed by atoms with Gasteiger partial charge in [-0.3, -0.25) is 0 Å². The number of aromatic amines is 1. The largest absolute Gasteiger partial charge is 0.461 e. The molecule has 0 amide bonds. The highest BCUT2D eigenvalue weighted by atomic mass is 19.4. The molecule has 0 aliphatic heterocycles. The number of hydrogen-bond donors (Lipinski definition) is 1. The third kappa shape index (κ3) is 1.68. The van der Waals surface area contributed by atoms with Crippen molar-refractivity contribution in [2.45, 2.75) is 12.1 Å². The Morgan fingerprint density at radius 1 is 1.17 bits per heavy atom. The second-order valence-electron chi connectivity index (χ2n) is 3.47. The van der Waals surface area contributed by atoms with Crippen molar-refractivity contribution >= 4 is 11.0 Å². The quantitative estimate of drug-likeness (QED) is 0.802. The number of rotatable bonds is 1. The Morgan fingerprint density at radius 3 is 2.39 bits per heavy atom. The van der Waals surface area contributed by atoms with E-state index in [1.807, 2.05) is 4.98 Å². The molecule has 0 bridgehead atoms. The Morgan fingerprint density at radius 2 is 1.83 bits per heavy atom. The maximum absolute atomic E-state index is 13.0. The van der Waals surface area contributed by atoms with Crippen LogP contribution >= 0.6 is 0 Å². The fourth-order valence-corrected chi connectivity index (χ4v) is 1.41. The van der Waals surface area contributed by atoms with Crippen LogP contribution in [0.15, 0.2) is 18.2 Å². The van der Waals surface area contributed by atoms with Gasteiger partial charge in [-0.1, -0.05) is 6.07 Å². The van der Waals surface area contributed by atoms with E-state index < -0.39 is 17.9 Å². The number of para-hydroxylation sites is 1. The van der Waals surface area contributed by atoms with Crippen LogP contribution < -0.4 is 0 Å². The molecule has 0 unspecified atom stereocenters. The molecule has 3 nitrogen and oxygen atoms in total. The molecule has 1 heterocycles. The van der Waals surface area contributed by atoms with Gasteiger partial charge in [0, 0.05) is 0 Å². The molecular weight excluding hydrogens is 257 g/mol. The SMILES string of the molecule is N#Cc1cccc2[nH]c(C(F)(F)C(F)(F)F)nc12. The van der Waals surface area contributed by atoms with Crippen LogP contribution in [-0.4, -0.2) is 16.1 Å². The number of fused-ring (bicyclic) bond motifs is 1. The van der Waals surface area contributed by atoms with E-state index in [2.05, 4.69) is 4.98 Å². The third-order valence-electron chi connectivity index (χ3n) is 2.29. The van der Waals surface area contributed by atoms with Crippen LogP contribution in [0.2, 0.25) is 0 Å². The molecule has 2 rings (SSSR count). The Balaban J connectivity index is 2.66. The predicted molar refractivity (Wildman–Crippen MR) is 50.8 cm³/mol. The second kappa shape index (κ2) is 3.66. The van der Waals surface area contributed by atoms with Crippen molar-refractivity contribution in [3.63, 3.8) is 0 Å². The topological polar surface area (TPSA) is 52.5 Å². The first kappa shape index (κ1) is 12.3. The lowest BCUT2D eigenvalue weighted by atomic mass is 10.2. The van der Waals surface area contributed by atoms with Crippen molar-refractivity contribution in [1.29, 1.82) is 5.26 Å². The zero-order valence-corrected chi connectivity index (χ0v) is 8.52. The molecule has 94 valence electrons. The van der Waals surface area contributed by atoms with Gasteiger partial charge in [-0.15, -0.1) is 0 Å². The predicted octanol–water partition coefficient (Wildman–Crippen LogP) is 3.09. The highest BCUT2D eigenvalue weighted by molar-refractivity contribution is 5.81. The Kier molecular flexibility index (Phi) is 2.50. The normalized spacial score (nSPS) is 12.7. The molecule has 0 fully saturated rings. The molecule has 0 saturated carbocycles. The summed E-state index contributed by atoms with van der Waals surface area (Å²) in [5.74, 6) is -6.61. The van der Waals surface area contributed by atoms with E-state index in [-0.39, 0.29) is 16.6 Å². The molecular formula is C10H4F5N3. The molecule has 18 heavy (non-hydrogen) atoms. The van der Waals surface area contributed by atoms with Gasteiger partial charge >= 0.3 is 12.1 Å². The highest BCUT2D eigenvalue weighted by Crippen LogP contribution is 2.43. The molecule has 0 saturated heterocycles. The Labute approximate surface area is 96.9 Å². The molecule has 0 aliphatic rings. The number of nitrogens with zero attached hydrogens (tertiary/aromatic N) is 2. The fraction of sp³-hybridized carbons (Fsp3) is 0.200. The summed E-state index contributed by atoms with van der Waals surface area (Å²) in [4.78, 5) is 5.06. The number of nitriles is 1. The molecule has 1 aromatic carbocycles. The monoisotopic (exact) mass is 261 g/mol. The highest BCUT2D eigenvalue weighted by Gasteiger charge is 2.61. The van der Waals surface area contributed by atoms with Gasteiger partial charge < -0.3 is 4.98 Å². The zero-order chi connectivity index (χ0) is 13.6. The molecule has 1 aromatic heterocycles. The van der Waals surface area contributed by atoms with Gasteiger partial charge in [0.1, 0.15) is 11.6 Å². The second-order valence-corrected chi connectivity index (χ2v) is 3.47.